The average molecular weight is 510 g/mol. The highest BCUT2D eigenvalue weighted by atomic mass is 16.3. The monoisotopic (exact) mass is 509 g/mol. The number of phenols is 1. The number of benzene rings is 2. The van der Waals surface area contributed by atoms with E-state index in [4.69, 9.17) is 9.90 Å². The second-order valence-corrected chi connectivity index (χ2v) is 9.75. The summed E-state index contributed by atoms with van der Waals surface area (Å²) in [6.45, 7) is 10.2. The first-order chi connectivity index (χ1) is 17.8. The molecule has 1 aromatic heterocycles. The van der Waals surface area contributed by atoms with Crippen LogP contribution < -0.4 is 0 Å². The molecule has 3 aromatic rings. The first-order valence-electron chi connectivity index (χ1n) is 13.5. The van der Waals surface area contributed by atoms with Crippen LogP contribution in [0.4, 0.5) is 0 Å². The van der Waals surface area contributed by atoms with Gasteiger partial charge < -0.3 is 20.1 Å². The summed E-state index contributed by atoms with van der Waals surface area (Å²) in [6.07, 6.45) is 9.42. The van der Waals surface area contributed by atoms with E-state index in [-0.39, 0.29) is 12.2 Å². The van der Waals surface area contributed by atoms with Gasteiger partial charge in [-0.05, 0) is 69.4 Å². The lowest BCUT2D eigenvalue weighted by Crippen LogP contribution is -2.36. The number of nitrogens with zero attached hydrogens (tertiary/aromatic N) is 2. The Morgan fingerprint density at radius 3 is 2.16 bits per heavy atom. The number of carbonyl (C=O) groups is 2. The number of aryl methyl sites for hydroxylation is 2. The van der Waals surface area contributed by atoms with Gasteiger partial charge in [0.1, 0.15) is 11.6 Å². The number of amides is 1. The minimum Gasteiger partial charge on any atom is -0.507 e. The standard InChI is InChI=1S/C15H14N2O.C14H27NO.CH2O2/c1-9-4-6-14(18)11(7-9)15-16-12-5-3-10(2)8-13(12)17-15;1-3-9-13(10-4-2)14(16)15-11-7-5-6-8-12-15;2-1-3/h3-8,18H,1-2H3,(H,16,17);13H,3-12H2,1-2H3;1H,(H,2,3). The molecular formula is C30H43N3O4. The lowest BCUT2D eigenvalue weighted by molar-refractivity contribution is -0.136. The molecule has 3 N–H and O–H groups in total. The van der Waals surface area contributed by atoms with Crippen molar-refractivity contribution in [1.82, 2.24) is 14.9 Å². The van der Waals surface area contributed by atoms with E-state index in [2.05, 4.69) is 34.8 Å². The zero-order valence-electron chi connectivity index (χ0n) is 22.8. The summed E-state index contributed by atoms with van der Waals surface area (Å²) < 4.78 is 0. The van der Waals surface area contributed by atoms with Crippen LogP contribution in [0.5, 0.6) is 5.75 Å². The maximum absolute atomic E-state index is 12.4. The highest BCUT2D eigenvalue weighted by Crippen LogP contribution is 2.29. The Labute approximate surface area is 220 Å². The van der Waals surface area contributed by atoms with E-state index in [1.807, 2.05) is 38.1 Å². The summed E-state index contributed by atoms with van der Waals surface area (Å²) in [5.74, 6) is 1.69. The fourth-order valence-corrected chi connectivity index (χ4v) is 4.73. The number of carbonyl (C=O) groups excluding carboxylic acids is 1. The molecule has 7 nitrogen and oxygen atoms in total. The van der Waals surface area contributed by atoms with E-state index in [1.165, 1.54) is 31.2 Å². The molecule has 1 aliphatic heterocycles. The van der Waals surface area contributed by atoms with Crippen LogP contribution in [0.2, 0.25) is 0 Å². The van der Waals surface area contributed by atoms with Gasteiger partial charge in [0, 0.05) is 19.0 Å². The SMILES string of the molecule is CCCC(CCC)C(=O)N1CCCCCC1.Cc1ccc(O)c(-c2nc3ccc(C)cc3[nH]2)c1.O=CO. The summed E-state index contributed by atoms with van der Waals surface area (Å²) in [5.41, 5.74) is 4.93. The molecule has 0 spiro atoms. The van der Waals surface area contributed by atoms with E-state index in [0.29, 0.717) is 17.6 Å². The van der Waals surface area contributed by atoms with Crippen LogP contribution in [-0.4, -0.2) is 50.5 Å². The molecule has 1 saturated heterocycles. The third-order valence-electron chi connectivity index (χ3n) is 6.59. The number of rotatable bonds is 6. The van der Waals surface area contributed by atoms with Crippen LogP contribution >= 0.6 is 0 Å². The number of aromatic amines is 1. The van der Waals surface area contributed by atoms with Crippen LogP contribution in [0.1, 0.15) is 76.3 Å². The topological polar surface area (TPSA) is 107 Å². The van der Waals surface area contributed by atoms with Gasteiger partial charge in [-0.15, -0.1) is 0 Å². The van der Waals surface area contributed by atoms with Gasteiger partial charge >= 0.3 is 0 Å². The number of aromatic nitrogens is 2. The Morgan fingerprint density at radius 1 is 1.00 bits per heavy atom. The fraction of sp³-hybridized carbons (Fsp3) is 0.500. The number of hydrogen-bond donors (Lipinski definition) is 3. The number of phenolic OH excluding ortho intramolecular Hbond substituents is 1. The van der Waals surface area contributed by atoms with Crippen molar-refractivity contribution in [2.45, 2.75) is 79.1 Å². The normalized spacial score (nSPS) is 13.3. The Balaban J connectivity index is 0.000000237. The molecule has 0 saturated carbocycles. The average Bonchev–Trinajstić information content (AvgIpc) is 3.10. The van der Waals surface area contributed by atoms with Gasteiger partial charge in [-0.1, -0.05) is 57.2 Å². The second kappa shape index (κ2) is 15.7. The predicted molar refractivity (Wildman–Crippen MR) is 150 cm³/mol. The zero-order chi connectivity index (χ0) is 27.2. The Morgan fingerprint density at radius 2 is 1.57 bits per heavy atom. The minimum atomic E-state index is -0.250. The summed E-state index contributed by atoms with van der Waals surface area (Å²) in [7, 11) is 0. The predicted octanol–water partition coefficient (Wildman–Crippen LogP) is 6.86. The number of nitrogens with one attached hydrogen (secondary N) is 1. The Hall–Kier alpha value is -3.35. The van der Waals surface area contributed by atoms with Crippen molar-refractivity contribution in [2.75, 3.05) is 13.1 Å². The van der Waals surface area contributed by atoms with E-state index in [9.17, 15) is 9.90 Å². The van der Waals surface area contributed by atoms with E-state index in [1.54, 1.807) is 6.07 Å². The maximum atomic E-state index is 12.4. The third-order valence-corrected chi connectivity index (χ3v) is 6.59. The van der Waals surface area contributed by atoms with Crippen molar-refractivity contribution >= 4 is 23.4 Å². The lowest BCUT2D eigenvalue weighted by atomic mass is 9.96. The van der Waals surface area contributed by atoms with E-state index >= 15 is 0 Å². The van der Waals surface area contributed by atoms with Crippen molar-refractivity contribution in [3.05, 3.63) is 47.5 Å². The molecular weight excluding hydrogens is 466 g/mol. The molecule has 1 aliphatic rings. The van der Waals surface area contributed by atoms with Gasteiger partial charge in [0.05, 0.1) is 16.6 Å². The molecule has 0 aliphatic carbocycles. The first-order valence-corrected chi connectivity index (χ1v) is 13.5. The maximum Gasteiger partial charge on any atom is 0.290 e. The molecule has 4 rings (SSSR count). The van der Waals surface area contributed by atoms with Gasteiger partial charge in [-0.3, -0.25) is 9.59 Å². The number of hydrogen-bond acceptors (Lipinski definition) is 4. The molecule has 7 heteroatoms. The summed E-state index contributed by atoms with van der Waals surface area (Å²) in [4.78, 5) is 30.6. The van der Waals surface area contributed by atoms with Crippen LogP contribution in [0, 0.1) is 19.8 Å². The number of carboxylic acid groups (broad SMARTS) is 1. The van der Waals surface area contributed by atoms with Crippen molar-refractivity contribution in [3.63, 3.8) is 0 Å². The third kappa shape index (κ3) is 9.23. The van der Waals surface area contributed by atoms with Gasteiger partial charge in [0.25, 0.3) is 6.47 Å². The number of likely N-dealkylation sites (tertiary alicyclic amines) is 1. The van der Waals surface area contributed by atoms with Crippen LogP contribution in [0.3, 0.4) is 0 Å². The number of H-pyrrole nitrogens is 1. The van der Waals surface area contributed by atoms with Crippen molar-refractivity contribution in [2.24, 2.45) is 5.92 Å². The Bertz CT molecular complexity index is 1110. The fourth-order valence-electron chi connectivity index (χ4n) is 4.73. The number of fused-ring (bicyclic) bond motifs is 1. The van der Waals surface area contributed by atoms with Crippen molar-refractivity contribution in [3.8, 4) is 17.1 Å². The molecule has 0 unspecified atom stereocenters. The largest absolute Gasteiger partial charge is 0.507 e. The van der Waals surface area contributed by atoms with Gasteiger partial charge in [-0.2, -0.15) is 0 Å². The molecule has 0 atom stereocenters. The quantitative estimate of drug-likeness (QED) is 0.315. The summed E-state index contributed by atoms with van der Waals surface area (Å²) in [5, 5.41) is 16.8. The van der Waals surface area contributed by atoms with Crippen LogP contribution in [-0.2, 0) is 9.59 Å². The van der Waals surface area contributed by atoms with Gasteiger partial charge in [0.15, 0.2) is 0 Å². The molecule has 37 heavy (non-hydrogen) atoms. The van der Waals surface area contributed by atoms with Gasteiger partial charge in [0.2, 0.25) is 5.91 Å². The number of aromatic hydroxyl groups is 1. The molecule has 2 heterocycles. The van der Waals surface area contributed by atoms with Gasteiger partial charge in [-0.25, -0.2) is 4.98 Å². The molecule has 1 fully saturated rings. The minimum absolute atomic E-state index is 0.247. The summed E-state index contributed by atoms with van der Waals surface area (Å²) >= 11 is 0. The Kier molecular flexibility index (Phi) is 12.7. The van der Waals surface area contributed by atoms with Crippen molar-refractivity contribution < 1.29 is 19.8 Å². The lowest BCUT2D eigenvalue weighted by Gasteiger charge is -2.25. The number of imidazole rings is 1. The zero-order valence-corrected chi connectivity index (χ0v) is 22.8. The second-order valence-electron chi connectivity index (χ2n) is 9.75. The molecule has 0 radical (unpaired) electrons. The first kappa shape index (κ1) is 29.9. The smallest absolute Gasteiger partial charge is 0.290 e. The van der Waals surface area contributed by atoms with Crippen LogP contribution in [0.15, 0.2) is 36.4 Å². The highest BCUT2D eigenvalue weighted by molar-refractivity contribution is 5.81. The highest BCUT2D eigenvalue weighted by Gasteiger charge is 2.23. The summed E-state index contributed by atoms with van der Waals surface area (Å²) in [6, 6.07) is 11.6. The van der Waals surface area contributed by atoms with E-state index < -0.39 is 0 Å². The van der Waals surface area contributed by atoms with E-state index in [0.717, 1.165) is 60.9 Å². The molecule has 1 amide bonds. The molecule has 2 aromatic carbocycles. The van der Waals surface area contributed by atoms with Crippen molar-refractivity contribution in [1.29, 1.82) is 0 Å². The molecule has 202 valence electrons. The van der Waals surface area contributed by atoms with Crippen LogP contribution in [0.25, 0.3) is 22.4 Å². The molecule has 0 bridgehead atoms.